The van der Waals surface area contributed by atoms with Gasteiger partial charge in [-0.1, -0.05) is 13.3 Å². The largest absolute Gasteiger partial charge is 0.394 e. The lowest BCUT2D eigenvalue weighted by Crippen LogP contribution is -2.67. The number of hydrogen-bond donors (Lipinski definition) is 1. The topological polar surface area (TPSA) is 23.5 Å². The van der Waals surface area contributed by atoms with Gasteiger partial charge in [0.1, 0.15) is 0 Å². The molecule has 0 bridgehead atoms. The monoisotopic (exact) mass is 183 g/mol. The number of likely N-dealkylation sites (tertiary alicyclic amines) is 1. The van der Waals surface area contributed by atoms with Gasteiger partial charge in [-0.3, -0.25) is 4.90 Å². The second kappa shape index (κ2) is 2.96. The lowest BCUT2D eigenvalue weighted by atomic mass is 9.62. The molecule has 0 aromatic heterocycles. The zero-order valence-corrected chi connectivity index (χ0v) is 8.84. The van der Waals surface area contributed by atoms with Crippen LogP contribution in [0.25, 0.3) is 0 Å². The fraction of sp³-hybridized carbons (Fsp3) is 1.00. The normalized spacial score (nSPS) is 30.7. The summed E-state index contributed by atoms with van der Waals surface area (Å²) in [7, 11) is 0. The fourth-order valence-electron chi connectivity index (χ4n) is 2.57. The Labute approximate surface area is 80.9 Å². The first-order valence-electron chi connectivity index (χ1n) is 5.50. The molecule has 1 N–H and O–H groups in total. The van der Waals surface area contributed by atoms with Crippen molar-refractivity contribution in [3.8, 4) is 0 Å². The lowest BCUT2D eigenvalue weighted by Gasteiger charge is -2.61. The van der Waals surface area contributed by atoms with E-state index < -0.39 is 0 Å². The average molecular weight is 183 g/mol. The third-order valence-electron chi connectivity index (χ3n) is 4.33. The SMILES string of the molecule is CCC(C)(CO)N1CC2(CCC2)C1. The van der Waals surface area contributed by atoms with Gasteiger partial charge in [0.25, 0.3) is 0 Å². The van der Waals surface area contributed by atoms with Crippen molar-refractivity contribution in [2.75, 3.05) is 19.7 Å². The molecule has 0 radical (unpaired) electrons. The number of rotatable bonds is 3. The predicted molar refractivity (Wildman–Crippen MR) is 53.6 cm³/mol. The molecule has 2 aliphatic rings. The van der Waals surface area contributed by atoms with E-state index in [-0.39, 0.29) is 5.54 Å². The van der Waals surface area contributed by atoms with E-state index in [1.807, 2.05) is 0 Å². The molecule has 1 saturated heterocycles. The van der Waals surface area contributed by atoms with Crippen molar-refractivity contribution in [2.24, 2.45) is 5.41 Å². The van der Waals surface area contributed by atoms with E-state index in [0.717, 1.165) is 6.42 Å². The molecule has 1 aliphatic heterocycles. The molecule has 2 heteroatoms. The summed E-state index contributed by atoms with van der Waals surface area (Å²) in [5.74, 6) is 0. The van der Waals surface area contributed by atoms with Crippen LogP contribution in [0.2, 0.25) is 0 Å². The van der Waals surface area contributed by atoms with Gasteiger partial charge in [0.2, 0.25) is 0 Å². The highest BCUT2D eigenvalue weighted by Gasteiger charge is 2.51. The van der Waals surface area contributed by atoms with Gasteiger partial charge in [-0.25, -0.2) is 0 Å². The molecule has 0 aromatic rings. The Balaban J connectivity index is 1.90. The third-order valence-corrected chi connectivity index (χ3v) is 4.33. The number of hydrogen-bond acceptors (Lipinski definition) is 2. The standard InChI is InChI=1S/C11H21NO/c1-3-10(2,9-13)12-7-11(8-12)5-4-6-11/h13H,3-9H2,1-2H3. The summed E-state index contributed by atoms with van der Waals surface area (Å²) in [5.41, 5.74) is 0.743. The van der Waals surface area contributed by atoms with Gasteiger partial charge in [0.05, 0.1) is 6.61 Å². The minimum atomic E-state index is 0.0564. The molecule has 2 nitrogen and oxygen atoms in total. The Kier molecular flexibility index (Phi) is 2.16. The minimum Gasteiger partial charge on any atom is -0.394 e. The van der Waals surface area contributed by atoms with Gasteiger partial charge >= 0.3 is 0 Å². The summed E-state index contributed by atoms with van der Waals surface area (Å²) in [6, 6.07) is 0. The maximum atomic E-state index is 9.34. The van der Waals surface area contributed by atoms with Crippen LogP contribution in [-0.4, -0.2) is 35.2 Å². The molecule has 1 unspecified atom stereocenters. The molecular weight excluding hydrogens is 162 g/mol. The van der Waals surface area contributed by atoms with Crippen LogP contribution in [-0.2, 0) is 0 Å². The second-order valence-electron chi connectivity index (χ2n) is 5.22. The molecule has 1 saturated carbocycles. The highest BCUT2D eigenvalue weighted by atomic mass is 16.3. The molecule has 0 amide bonds. The molecule has 76 valence electrons. The molecular formula is C11H21NO. The van der Waals surface area contributed by atoms with Crippen LogP contribution in [0.5, 0.6) is 0 Å². The van der Waals surface area contributed by atoms with Gasteiger partial charge in [0.15, 0.2) is 0 Å². The van der Waals surface area contributed by atoms with Crippen LogP contribution < -0.4 is 0 Å². The first-order valence-corrected chi connectivity index (χ1v) is 5.50. The summed E-state index contributed by atoms with van der Waals surface area (Å²) in [4.78, 5) is 2.46. The van der Waals surface area contributed by atoms with E-state index in [0.29, 0.717) is 12.0 Å². The van der Waals surface area contributed by atoms with Gasteiger partial charge < -0.3 is 5.11 Å². The Hall–Kier alpha value is -0.0800. The van der Waals surface area contributed by atoms with Crippen LogP contribution in [0.1, 0.15) is 39.5 Å². The van der Waals surface area contributed by atoms with E-state index in [4.69, 9.17) is 0 Å². The van der Waals surface area contributed by atoms with E-state index >= 15 is 0 Å². The maximum Gasteiger partial charge on any atom is 0.0612 e. The molecule has 1 aliphatic carbocycles. The fourth-order valence-corrected chi connectivity index (χ4v) is 2.57. The number of aliphatic hydroxyl groups is 1. The molecule has 1 spiro atoms. The quantitative estimate of drug-likeness (QED) is 0.719. The van der Waals surface area contributed by atoms with E-state index in [9.17, 15) is 5.11 Å². The average Bonchev–Trinajstić information content (AvgIpc) is 1.99. The van der Waals surface area contributed by atoms with Gasteiger partial charge in [-0.2, -0.15) is 0 Å². The van der Waals surface area contributed by atoms with Crippen LogP contribution >= 0.6 is 0 Å². The Morgan fingerprint density at radius 1 is 1.38 bits per heavy atom. The van der Waals surface area contributed by atoms with Crippen molar-refractivity contribution in [3.63, 3.8) is 0 Å². The minimum absolute atomic E-state index is 0.0564. The van der Waals surface area contributed by atoms with Crippen LogP contribution in [0.3, 0.4) is 0 Å². The summed E-state index contributed by atoms with van der Waals surface area (Å²) in [6.45, 7) is 7.12. The highest BCUT2D eigenvalue weighted by molar-refractivity contribution is 5.05. The Bertz CT molecular complexity index is 186. The number of aliphatic hydroxyl groups excluding tert-OH is 1. The molecule has 13 heavy (non-hydrogen) atoms. The summed E-state index contributed by atoms with van der Waals surface area (Å²) >= 11 is 0. The zero-order valence-electron chi connectivity index (χ0n) is 8.84. The van der Waals surface area contributed by atoms with E-state index in [1.54, 1.807) is 0 Å². The van der Waals surface area contributed by atoms with Crippen molar-refractivity contribution in [1.29, 1.82) is 0 Å². The molecule has 0 aromatic carbocycles. The Morgan fingerprint density at radius 3 is 2.31 bits per heavy atom. The molecule has 2 rings (SSSR count). The first kappa shape index (κ1) is 9.47. The highest BCUT2D eigenvalue weighted by Crippen LogP contribution is 2.50. The smallest absolute Gasteiger partial charge is 0.0612 e. The molecule has 2 fully saturated rings. The maximum absolute atomic E-state index is 9.34. The van der Waals surface area contributed by atoms with Crippen molar-refractivity contribution < 1.29 is 5.11 Å². The van der Waals surface area contributed by atoms with E-state index in [2.05, 4.69) is 18.7 Å². The van der Waals surface area contributed by atoms with Gasteiger partial charge in [-0.15, -0.1) is 0 Å². The van der Waals surface area contributed by atoms with Crippen LogP contribution in [0.15, 0.2) is 0 Å². The second-order valence-corrected chi connectivity index (χ2v) is 5.22. The van der Waals surface area contributed by atoms with Gasteiger partial charge in [-0.05, 0) is 31.6 Å². The van der Waals surface area contributed by atoms with E-state index in [1.165, 1.54) is 32.4 Å². The van der Waals surface area contributed by atoms with Crippen LogP contribution in [0, 0.1) is 5.41 Å². The molecule has 1 atom stereocenters. The van der Waals surface area contributed by atoms with Crippen molar-refractivity contribution >= 4 is 0 Å². The molecule has 1 heterocycles. The number of nitrogens with zero attached hydrogens (tertiary/aromatic N) is 1. The van der Waals surface area contributed by atoms with Gasteiger partial charge in [0, 0.05) is 18.6 Å². The van der Waals surface area contributed by atoms with Crippen LogP contribution in [0.4, 0.5) is 0 Å². The first-order chi connectivity index (χ1) is 6.14. The van der Waals surface area contributed by atoms with Crippen molar-refractivity contribution in [1.82, 2.24) is 4.90 Å². The lowest BCUT2D eigenvalue weighted by molar-refractivity contribution is -0.127. The summed E-state index contributed by atoms with van der Waals surface area (Å²) in [6.07, 6.45) is 5.33. The van der Waals surface area contributed by atoms with Crippen molar-refractivity contribution in [2.45, 2.75) is 45.1 Å². The van der Waals surface area contributed by atoms with Crippen molar-refractivity contribution in [3.05, 3.63) is 0 Å². The Morgan fingerprint density at radius 2 is 2.00 bits per heavy atom. The summed E-state index contributed by atoms with van der Waals surface area (Å²) in [5, 5.41) is 9.34. The zero-order chi connectivity index (χ0) is 9.53. The predicted octanol–water partition coefficient (Wildman–Crippen LogP) is 1.63. The summed E-state index contributed by atoms with van der Waals surface area (Å²) < 4.78 is 0. The third kappa shape index (κ3) is 1.31.